The molecule has 1 aromatic carbocycles. The Morgan fingerprint density at radius 2 is 2.05 bits per heavy atom. The lowest BCUT2D eigenvalue weighted by atomic mass is 9.86. The van der Waals surface area contributed by atoms with Crippen molar-refractivity contribution in [3.8, 4) is 0 Å². The van der Waals surface area contributed by atoms with Gasteiger partial charge in [0.25, 0.3) is 0 Å². The van der Waals surface area contributed by atoms with E-state index in [-0.39, 0.29) is 6.42 Å². The number of carbonyl (C=O) groups is 1. The van der Waals surface area contributed by atoms with E-state index in [0.29, 0.717) is 11.3 Å². The van der Waals surface area contributed by atoms with E-state index >= 15 is 0 Å². The molecule has 4 nitrogen and oxygen atoms in total. The second-order valence-electron chi connectivity index (χ2n) is 5.88. The van der Waals surface area contributed by atoms with Crippen LogP contribution in [0.3, 0.4) is 0 Å². The first kappa shape index (κ1) is 14.1. The zero-order valence-corrected chi connectivity index (χ0v) is 12.1. The minimum atomic E-state index is -3.39. The van der Waals surface area contributed by atoms with Crippen LogP contribution in [0.25, 0.3) is 0 Å². The molecule has 1 unspecified atom stereocenters. The molecular weight excluding hydrogens is 264 g/mol. The van der Waals surface area contributed by atoms with Gasteiger partial charge < -0.3 is 5.11 Å². The maximum Gasteiger partial charge on any atom is 0.309 e. The van der Waals surface area contributed by atoms with E-state index in [9.17, 15) is 13.2 Å². The van der Waals surface area contributed by atoms with Gasteiger partial charge in [-0.05, 0) is 45.2 Å². The van der Waals surface area contributed by atoms with E-state index in [2.05, 4.69) is 0 Å². The van der Waals surface area contributed by atoms with Gasteiger partial charge in [-0.1, -0.05) is 17.7 Å². The van der Waals surface area contributed by atoms with Crippen molar-refractivity contribution < 1.29 is 18.3 Å². The number of carboxylic acids is 1. The first-order valence-electron chi connectivity index (χ1n) is 6.21. The molecular formula is C14H18O4S. The van der Waals surface area contributed by atoms with Crippen molar-refractivity contribution in [2.45, 2.75) is 43.8 Å². The molecule has 0 spiro atoms. The van der Waals surface area contributed by atoms with Crippen molar-refractivity contribution in [1.82, 2.24) is 0 Å². The Morgan fingerprint density at radius 1 is 1.42 bits per heavy atom. The predicted octanol–water partition coefficient (Wildman–Crippen LogP) is 2.19. The summed E-state index contributed by atoms with van der Waals surface area (Å²) in [7, 11) is -3.39. The molecule has 0 saturated heterocycles. The molecule has 1 atom stereocenters. The molecule has 1 aromatic rings. The molecule has 0 amide bonds. The molecule has 0 radical (unpaired) electrons. The molecule has 5 heteroatoms. The van der Waals surface area contributed by atoms with Crippen LogP contribution in [0.5, 0.6) is 0 Å². The Labute approximate surface area is 113 Å². The van der Waals surface area contributed by atoms with E-state index in [1.54, 1.807) is 26.0 Å². The second kappa shape index (κ2) is 4.34. The molecule has 19 heavy (non-hydrogen) atoms. The molecule has 1 aliphatic heterocycles. The number of aryl methyl sites for hydroxylation is 1. The van der Waals surface area contributed by atoms with E-state index in [4.69, 9.17) is 5.11 Å². The van der Waals surface area contributed by atoms with Crippen LogP contribution in [-0.4, -0.2) is 24.7 Å². The van der Waals surface area contributed by atoms with Gasteiger partial charge in [0.05, 0.1) is 15.6 Å². The fourth-order valence-corrected chi connectivity index (χ4v) is 4.68. The highest BCUT2D eigenvalue weighted by molar-refractivity contribution is 7.92. The van der Waals surface area contributed by atoms with Gasteiger partial charge in [-0.25, -0.2) is 8.42 Å². The van der Waals surface area contributed by atoms with Crippen molar-refractivity contribution >= 4 is 15.8 Å². The zero-order valence-electron chi connectivity index (χ0n) is 11.3. The maximum absolute atomic E-state index is 12.4. The van der Waals surface area contributed by atoms with Crippen molar-refractivity contribution in [2.24, 2.45) is 5.41 Å². The molecule has 0 fully saturated rings. The highest BCUT2D eigenvalue weighted by atomic mass is 32.2. The third-order valence-corrected chi connectivity index (χ3v) is 5.95. The molecule has 0 aromatic heterocycles. The standard InChI is InChI=1S/C14H18O4S/c1-9-4-5-12-10(6-9)7-11(19(12,17)18)8-14(2,3)13(15)16/h4-6,11H,7-8H2,1-3H3,(H,15,16). The molecule has 0 bridgehead atoms. The van der Waals surface area contributed by atoms with Crippen molar-refractivity contribution in [2.75, 3.05) is 0 Å². The average Bonchev–Trinajstić information content (AvgIpc) is 2.49. The summed E-state index contributed by atoms with van der Waals surface area (Å²) in [5.74, 6) is -0.963. The minimum Gasteiger partial charge on any atom is -0.481 e. The van der Waals surface area contributed by atoms with Crippen LogP contribution in [-0.2, 0) is 21.1 Å². The SMILES string of the molecule is Cc1ccc2c(c1)CC(CC(C)(C)C(=O)O)S2(=O)=O. The quantitative estimate of drug-likeness (QED) is 0.922. The Hall–Kier alpha value is -1.36. The van der Waals surface area contributed by atoms with Gasteiger partial charge in [0.1, 0.15) is 0 Å². The monoisotopic (exact) mass is 282 g/mol. The fraction of sp³-hybridized carbons (Fsp3) is 0.500. The van der Waals surface area contributed by atoms with Crippen LogP contribution in [0, 0.1) is 12.3 Å². The van der Waals surface area contributed by atoms with Gasteiger partial charge in [0.15, 0.2) is 9.84 Å². The summed E-state index contributed by atoms with van der Waals surface area (Å²) in [6.07, 6.45) is 0.550. The van der Waals surface area contributed by atoms with Crippen LogP contribution in [0.1, 0.15) is 31.4 Å². The predicted molar refractivity (Wildman–Crippen MR) is 71.9 cm³/mol. The van der Waals surface area contributed by atoms with Crippen LogP contribution < -0.4 is 0 Å². The van der Waals surface area contributed by atoms with Crippen LogP contribution in [0.2, 0.25) is 0 Å². The van der Waals surface area contributed by atoms with Gasteiger partial charge in [-0.15, -0.1) is 0 Å². The van der Waals surface area contributed by atoms with E-state index < -0.39 is 26.5 Å². The number of fused-ring (bicyclic) bond motifs is 1. The van der Waals surface area contributed by atoms with Crippen LogP contribution >= 0.6 is 0 Å². The zero-order chi connectivity index (χ0) is 14.4. The average molecular weight is 282 g/mol. The number of aliphatic carboxylic acids is 1. The number of hydrogen-bond acceptors (Lipinski definition) is 3. The molecule has 0 saturated carbocycles. The Balaban J connectivity index is 2.36. The summed E-state index contributed by atoms with van der Waals surface area (Å²) in [6, 6.07) is 5.29. The van der Waals surface area contributed by atoms with Crippen molar-refractivity contribution in [3.63, 3.8) is 0 Å². The highest BCUT2D eigenvalue weighted by Gasteiger charge is 2.42. The Kier molecular flexibility index (Phi) is 3.21. The Morgan fingerprint density at radius 3 is 2.63 bits per heavy atom. The number of benzene rings is 1. The topological polar surface area (TPSA) is 71.4 Å². The normalized spacial score (nSPS) is 21.1. The smallest absolute Gasteiger partial charge is 0.309 e. The molecule has 1 heterocycles. The molecule has 1 N–H and O–H groups in total. The summed E-state index contributed by atoms with van der Waals surface area (Å²) >= 11 is 0. The van der Waals surface area contributed by atoms with Gasteiger partial charge >= 0.3 is 5.97 Å². The lowest BCUT2D eigenvalue weighted by Crippen LogP contribution is -2.31. The van der Waals surface area contributed by atoms with Gasteiger partial charge in [0, 0.05) is 0 Å². The summed E-state index contributed by atoms with van der Waals surface area (Å²) < 4.78 is 24.8. The van der Waals surface area contributed by atoms with Crippen molar-refractivity contribution in [3.05, 3.63) is 29.3 Å². The molecule has 1 aliphatic rings. The van der Waals surface area contributed by atoms with Crippen LogP contribution in [0.4, 0.5) is 0 Å². The van der Waals surface area contributed by atoms with Gasteiger partial charge in [-0.3, -0.25) is 4.79 Å². The van der Waals surface area contributed by atoms with Crippen LogP contribution in [0.15, 0.2) is 23.1 Å². The van der Waals surface area contributed by atoms with Crippen molar-refractivity contribution in [1.29, 1.82) is 0 Å². The number of sulfone groups is 1. The third kappa shape index (κ3) is 2.39. The second-order valence-corrected chi connectivity index (χ2v) is 8.07. The fourth-order valence-electron chi connectivity index (χ4n) is 2.52. The molecule has 104 valence electrons. The number of rotatable bonds is 3. The van der Waals surface area contributed by atoms with Gasteiger partial charge in [0.2, 0.25) is 0 Å². The highest BCUT2D eigenvalue weighted by Crippen LogP contribution is 2.37. The first-order valence-corrected chi connectivity index (χ1v) is 7.76. The molecule has 0 aliphatic carbocycles. The first-order chi connectivity index (χ1) is 8.64. The largest absolute Gasteiger partial charge is 0.481 e. The van der Waals surface area contributed by atoms with Gasteiger partial charge in [-0.2, -0.15) is 0 Å². The van der Waals surface area contributed by atoms with E-state index in [1.165, 1.54) is 0 Å². The Bertz CT molecular complexity index is 629. The lowest BCUT2D eigenvalue weighted by Gasteiger charge is -2.22. The minimum absolute atomic E-state index is 0.137. The summed E-state index contributed by atoms with van der Waals surface area (Å²) in [4.78, 5) is 11.5. The van der Waals surface area contributed by atoms with E-state index in [1.807, 2.05) is 13.0 Å². The van der Waals surface area contributed by atoms with E-state index in [0.717, 1.165) is 11.1 Å². The summed E-state index contributed by atoms with van der Waals surface area (Å²) in [5.41, 5.74) is 0.799. The summed E-state index contributed by atoms with van der Waals surface area (Å²) in [6.45, 7) is 5.06. The number of hydrogen-bond donors (Lipinski definition) is 1. The molecule has 2 rings (SSSR count). The third-order valence-electron chi connectivity index (χ3n) is 3.73. The lowest BCUT2D eigenvalue weighted by molar-refractivity contribution is -0.147. The number of carboxylic acid groups (broad SMARTS) is 1. The maximum atomic E-state index is 12.4. The summed E-state index contributed by atoms with van der Waals surface area (Å²) in [5, 5.41) is 8.51.